The molecule has 4 N–H and O–H groups in total. The molecule has 1 aliphatic heterocycles. The molecule has 1 amide bonds. The van der Waals surface area contributed by atoms with Crippen molar-refractivity contribution in [3.05, 3.63) is 35.4 Å². The van der Waals surface area contributed by atoms with E-state index in [9.17, 15) is 4.79 Å². The van der Waals surface area contributed by atoms with Gasteiger partial charge in [-0.3, -0.25) is 10.2 Å². The van der Waals surface area contributed by atoms with Gasteiger partial charge in [-0.2, -0.15) is 0 Å². The van der Waals surface area contributed by atoms with Crippen LogP contribution in [0.25, 0.3) is 0 Å². The molecular formula is C13H18N4O. The Kier molecular flexibility index (Phi) is 3.94. The molecule has 0 aliphatic carbocycles. The maximum absolute atomic E-state index is 12.0. The largest absolute Gasteiger partial charge is 0.384 e. The molecule has 0 atom stereocenters. The first kappa shape index (κ1) is 12.6. The third-order valence-corrected chi connectivity index (χ3v) is 3.09. The number of nitrogens with zero attached hydrogens (tertiary/aromatic N) is 1. The van der Waals surface area contributed by atoms with Gasteiger partial charge in [0, 0.05) is 31.7 Å². The molecule has 0 saturated carbocycles. The van der Waals surface area contributed by atoms with Crippen LogP contribution in [0.15, 0.2) is 24.3 Å². The summed E-state index contributed by atoms with van der Waals surface area (Å²) in [5, 5.41) is 10.5. The summed E-state index contributed by atoms with van der Waals surface area (Å²) >= 11 is 0. The van der Waals surface area contributed by atoms with Gasteiger partial charge < -0.3 is 16.0 Å². The zero-order valence-electron chi connectivity index (χ0n) is 10.3. The number of nitrogen functional groups attached to an aromatic ring is 1. The van der Waals surface area contributed by atoms with Gasteiger partial charge in [-0.25, -0.2) is 0 Å². The van der Waals surface area contributed by atoms with Gasteiger partial charge in [0.25, 0.3) is 0 Å². The van der Waals surface area contributed by atoms with E-state index < -0.39 is 0 Å². The zero-order valence-corrected chi connectivity index (χ0v) is 10.3. The van der Waals surface area contributed by atoms with Crippen molar-refractivity contribution in [2.24, 2.45) is 5.73 Å². The van der Waals surface area contributed by atoms with Crippen molar-refractivity contribution in [1.29, 1.82) is 5.41 Å². The fourth-order valence-corrected chi connectivity index (χ4v) is 2.00. The van der Waals surface area contributed by atoms with Crippen LogP contribution in [0.2, 0.25) is 0 Å². The Hall–Kier alpha value is -1.88. The maximum Gasteiger partial charge on any atom is 0.227 e. The van der Waals surface area contributed by atoms with E-state index in [1.54, 1.807) is 12.1 Å². The van der Waals surface area contributed by atoms with Gasteiger partial charge in [-0.05, 0) is 5.56 Å². The highest BCUT2D eigenvalue weighted by Gasteiger charge is 2.16. The number of rotatable bonds is 3. The second kappa shape index (κ2) is 5.64. The first-order valence-corrected chi connectivity index (χ1v) is 6.08. The number of amides is 1. The van der Waals surface area contributed by atoms with Gasteiger partial charge in [-0.1, -0.05) is 24.3 Å². The molecular weight excluding hydrogens is 228 g/mol. The Labute approximate surface area is 106 Å². The molecule has 0 aromatic heterocycles. The summed E-state index contributed by atoms with van der Waals surface area (Å²) in [6, 6.07) is 7.28. The molecule has 96 valence electrons. The lowest BCUT2D eigenvalue weighted by atomic mass is 10.1. The van der Waals surface area contributed by atoms with Gasteiger partial charge in [0.1, 0.15) is 5.84 Å². The fraction of sp³-hybridized carbons (Fsp3) is 0.385. The Morgan fingerprint density at radius 1 is 1.28 bits per heavy atom. The predicted molar refractivity (Wildman–Crippen MR) is 70.6 cm³/mol. The van der Waals surface area contributed by atoms with E-state index in [2.05, 4.69) is 5.32 Å². The molecule has 2 rings (SSSR count). The number of carbonyl (C=O) groups excluding carboxylic acids is 1. The van der Waals surface area contributed by atoms with Crippen LogP contribution in [0.1, 0.15) is 11.1 Å². The van der Waals surface area contributed by atoms with E-state index in [0.29, 0.717) is 12.0 Å². The van der Waals surface area contributed by atoms with E-state index >= 15 is 0 Å². The number of amidine groups is 1. The predicted octanol–water partition coefficient (Wildman–Crippen LogP) is -0.0550. The Balaban J connectivity index is 1.96. The average Bonchev–Trinajstić information content (AvgIpc) is 2.40. The van der Waals surface area contributed by atoms with Gasteiger partial charge in [-0.15, -0.1) is 0 Å². The maximum atomic E-state index is 12.0. The quantitative estimate of drug-likeness (QED) is 0.516. The molecule has 1 aromatic carbocycles. The number of nitrogens with two attached hydrogens (primary N) is 1. The molecule has 1 fully saturated rings. The topological polar surface area (TPSA) is 82.2 Å². The summed E-state index contributed by atoms with van der Waals surface area (Å²) in [4.78, 5) is 13.9. The molecule has 18 heavy (non-hydrogen) atoms. The van der Waals surface area contributed by atoms with Crippen LogP contribution in [0.3, 0.4) is 0 Å². The first-order valence-electron chi connectivity index (χ1n) is 6.08. The second-order valence-corrected chi connectivity index (χ2v) is 4.42. The van der Waals surface area contributed by atoms with Crippen molar-refractivity contribution in [3.63, 3.8) is 0 Å². The number of carbonyl (C=O) groups is 1. The van der Waals surface area contributed by atoms with E-state index in [0.717, 1.165) is 31.7 Å². The number of hydrogen-bond donors (Lipinski definition) is 3. The van der Waals surface area contributed by atoms with Crippen LogP contribution >= 0.6 is 0 Å². The average molecular weight is 246 g/mol. The minimum absolute atomic E-state index is 0.0509. The highest BCUT2D eigenvalue weighted by Crippen LogP contribution is 2.07. The summed E-state index contributed by atoms with van der Waals surface area (Å²) in [5.41, 5.74) is 7.03. The summed E-state index contributed by atoms with van der Waals surface area (Å²) in [6.07, 6.45) is 0.415. The summed E-state index contributed by atoms with van der Waals surface area (Å²) in [7, 11) is 0. The normalized spacial score (nSPS) is 15.4. The van der Waals surface area contributed by atoms with Crippen LogP contribution in [0.4, 0.5) is 0 Å². The standard InChI is InChI=1S/C13H18N4O/c14-13(15)11-3-1-10(2-4-11)9-12(18)17-7-5-16-6-8-17/h1-4,16H,5-9H2,(H3,14,15). The molecule has 0 bridgehead atoms. The molecule has 0 unspecified atom stereocenters. The van der Waals surface area contributed by atoms with E-state index in [4.69, 9.17) is 11.1 Å². The third kappa shape index (κ3) is 3.07. The lowest BCUT2D eigenvalue weighted by molar-refractivity contribution is -0.131. The van der Waals surface area contributed by atoms with Crippen molar-refractivity contribution in [2.45, 2.75) is 6.42 Å². The van der Waals surface area contributed by atoms with Crippen LogP contribution in [-0.2, 0) is 11.2 Å². The molecule has 0 spiro atoms. The van der Waals surface area contributed by atoms with Gasteiger partial charge in [0.05, 0.1) is 6.42 Å². The summed E-state index contributed by atoms with van der Waals surface area (Å²) < 4.78 is 0. The first-order chi connectivity index (χ1) is 8.66. The summed E-state index contributed by atoms with van der Waals surface area (Å²) in [5.74, 6) is 0.210. The van der Waals surface area contributed by atoms with Crippen LogP contribution in [-0.4, -0.2) is 42.8 Å². The minimum atomic E-state index is 0.0509. The SMILES string of the molecule is N=C(N)c1ccc(CC(=O)N2CCNCC2)cc1. The van der Waals surface area contributed by atoms with E-state index in [-0.39, 0.29) is 11.7 Å². The molecule has 1 heterocycles. The van der Waals surface area contributed by atoms with Crippen molar-refractivity contribution < 1.29 is 4.79 Å². The van der Waals surface area contributed by atoms with Crippen molar-refractivity contribution >= 4 is 11.7 Å². The molecule has 5 nitrogen and oxygen atoms in total. The number of nitrogens with one attached hydrogen (secondary N) is 2. The van der Waals surface area contributed by atoms with Crippen LogP contribution in [0.5, 0.6) is 0 Å². The second-order valence-electron chi connectivity index (χ2n) is 4.42. The van der Waals surface area contributed by atoms with Gasteiger partial charge in [0.2, 0.25) is 5.91 Å². The number of piperazine rings is 1. The molecule has 1 saturated heterocycles. The highest BCUT2D eigenvalue weighted by molar-refractivity contribution is 5.95. The number of hydrogen-bond acceptors (Lipinski definition) is 3. The Morgan fingerprint density at radius 2 is 1.89 bits per heavy atom. The van der Waals surface area contributed by atoms with Crippen molar-refractivity contribution in [2.75, 3.05) is 26.2 Å². The number of benzene rings is 1. The third-order valence-electron chi connectivity index (χ3n) is 3.09. The van der Waals surface area contributed by atoms with Gasteiger partial charge >= 0.3 is 0 Å². The molecule has 5 heteroatoms. The monoisotopic (exact) mass is 246 g/mol. The van der Waals surface area contributed by atoms with Crippen LogP contribution < -0.4 is 11.1 Å². The highest BCUT2D eigenvalue weighted by atomic mass is 16.2. The fourth-order valence-electron chi connectivity index (χ4n) is 2.00. The minimum Gasteiger partial charge on any atom is -0.384 e. The zero-order chi connectivity index (χ0) is 13.0. The van der Waals surface area contributed by atoms with Crippen molar-refractivity contribution in [1.82, 2.24) is 10.2 Å². The molecule has 1 aliphatic rings. The Morgan fingerprint density at radius 3 is 2.44 bits per heavy atom. The van der Waals surface area contributed by atoms with Crippen molar-refractivity contribution in [3.8, 4) is 0 Å². The smallest absolute Gasteiger partial charge is 0.227 e. The Bertz CT molecular complexity index is 435. The van der Waals surface area contributed by atoms with E-state index in [1.807, 2.05) is 17.0 Å². The lowest BCUT2D eigenvalue weighted by Crippen LogP contribution is -2.46. The van der Waals surface area contributed by atoms with E-state index in [1.165, 1.54) is 0 Å². The van der Waals surface area contributed by atoms with Gasteiger partial charge in [0.15, 0.2) is 0 Å². The summed E-state index contributed by atoms with van der Waals surface area (Å²) in [6.45, 7) is 3.30. The lowest BCUT2D eigenvalue weighted by Gasteiger charge is -2.27. The molecule has 1 aromatic rings. The molecule has 0 radical (unpaired) electrons. The van der Waals surface area contributed by atoms with Crippen LogP contribution in [0, 0.1) is 5.41 Å².